The third-order valence-corrected chi connectivity index (χ3v) is 2.78. The molecule has 128 valence electrons. The lowest BCUT2D eigenvalue weighted by molar-refractivity contribution is -0.182. The first-order valence-corrected chi connectivity index (χ1v) is 7.64. The second-order valence-electron chi connectivity index (χ2n) is 4.75. The summed E-state index contributed by atoms with van der Waals surface area (Å²) in [5, 5.41) is 9.30. The third kappa shape index (κ3) is 9.26. The SMILES string of the molecule is COC(C=O)[C@H](CO)O[C@@H](C=NCC(=O)CCS)OC(C)C. The molecule has 0 aliphatic heterocycles. The minimum Gasteiger partial charge on any atom is -0.394 e. The van der Waals surface area contributed by atoms with Gasteiger partial charge >= 0.3 is 0 Å². The van der Waals surface area contributed by atoms with Gasteiger partial charge in [-0.1, -0.05) is 0 Å². The highest BCUT2D eigenvalue weighted by atomic mass is 32.1. The maximum atomic E-state index is 11.4. The fraction of sp³-hybridized carbons (Fsp3) is 0.786. The van der Waals surface area contributed by atoms with Gasteiger partial charge in [-0.05, 0) is 19.6 Å². The first-order chi connectivity index (χ1) is 10.5. The molecule has 22 heavy (non-hydrogen) atoms. The smallest absolute Gasteiger partial charge is 0.194 e. The molecular formula is C14H25NO6S. The summed E-state index contributed by atoms with van der Waals surface area (Å²) in [5.74, 6) is 0.425. The zero-order valence-corrected chi connectivity index (χ0v) is 14.1. The van der Waals surface area contributed by atoms with Crippen LogP contribution in [-0.4, -0.2) is 74.0 Å². The fourth-order valence-electron chi connectivity index (χ4n) is 1.51. The van der Waals surface area contributed by atoms with Crippen molar-refractivity contribution in [2.45, 2.75) is 44.9 Å². The Kier molecular flexibility index (Phi) is 12.3. The lowest BCUT2D eigenvalue weighted by Crippen LogP contribution is -2.40. The van der Waals surface area contributed by atoms with E-state index in [-0.39, 0.29) is 18.4 Å². The number of Topliss-reactive ketones (excluding diaryl/α,β-unsaturated/α-hetero) is 1. The van der Waals surface area contributed by atoms with E-state index in [2.05, 4.69) is 17.6 Å². The number of thiol groups is 1. The van der Waals surface area contributed by atoms with Crippen molar-refractivity contribution in [2.24, 2.45) is 4.99 Å². The van der Waals surface area contributed by atoms with Crippen LogP contribution in [0, 0.1) is 0 Å². The Labute approximate surface area is 136 Å². The molecule has 0 spiro atoms. The molecule has 3 atom stereocenters. The van der Waals surface area contributed by atoms with Gasteiger partial charge in [0.05, 0.1) is 25.5 Å². The van der Waals surface area contributed by atoms with Crippen LogP contribution in [0.2, 0.25) is 0 Å². The van der Waals surface area contributed by atoms with Gasteiger partial charge < -0.3 is 24.1 Å². The monoisotopic (exact) mass is 335 g/mol. The Bertz CT molecular complexity index is 350. The van der Waals surface area contributed by atoms with Crippen molar-refractivity contribution in [3.05, 3.63) is 0 Å². The van der Waals surface area contributed by atoms with Gasteiger partial charge in [0.2, 0.25) is 0 Å². The number of nitrogens with zero attached hydrogens (tertiary/aromatic N) is 1. The summed E-state index contributed by atoms with van der Waals surface area (Å²) in [6, 6.07) is 0. The van der Waals surface area contributed by atoms with Crippen molar-refractivity contribution < 1.29 is 28.9 Å². The predicted octanol–water partition coefficient (Wildman–Crippen LogP) is 0.289. The zero-order chi connectivity index (χ0) is 17.0. The molecule has 1 unspecified atom stereocenters. The van der Waals surface area contributed by atoms with E-state index < -0.39 is 25.1 Å². The van der Waals surface area contributed by atoms with Crippen LogP contribution in [0.25, 0.3) is 0 Å². The molecule has 0 fully saturated rings. The number of rotatable bonds is 13. The van der Waals surface area contributed by atoms with Crippen LogP contribution in [0.15, 0.2) is 4.99 Å². The molecule has 0 aromatic carbocycles. The van der Waals surface area contributed by atoms with Crippen molar-refractivity contribution in [1.29, 1.82) is 0 Å². The van der Waals surface area contributed by atoms with Crippen LogP contribution in [-0.2, 0) is 23.8 Å². The highest BCUT2D eigenvalue weighted by Crippen LogP contribution is 2.07. The van der Waals surface area contributed by atoms with Crippen molar-refractivity contribution in [2.75, 3.05) is 26.0 Å². The van der Waals surface area contributed by atoms with Gasteiger partial charge in [0.1, 0.15) is 12.2 Å². The van der Waals surface area contributed by atoms with Crippen LogP contribution in [0.4, 0.5) is 0 Å². The number of ether oxygens (including phenoxy) is 3. The summed E-state index contributed by atoms with van der Waals surface area (Å²) in [6.45, 7) is 3.20. The van der Waals surface area contributed by atoms with Gasteiger partial charge in [-0.2, -0.15) is 12.6 Å². The van der Waals surface area contributed by atoms with E-state index in [4.69, 9.17) is 14.2 Å². The number of aliphatic imine (C=N–C) groups is 1. The van der Waals surface area contributed by atoms with E-state index in [1.54, 1.807) is 13.8 Å². The predicted molar refractivity (Wildman–Crippen MR) is 85.7 cm³/mol. The number of aliphatic hydroxyl groups is 1. The van der Waals surface area contributed by atoms with Gasteiger partial charge in [-0.15, -0.1) is 0 Å². The average Bonchev–Trinajstić information content (AvgIpc) is 2.46. The second-order valence-corrected chi connectivity index (χ2v) is 5.20. The summed E-state index contributed by atoms with van der Waals surface area (Å²) < 4.78 is 15.9. The quantitative estimate of drug-likeness (QED) is 0.217. The Hall–Kier alpha value is -0.800. The molecule has 1 N–H and O–H groups in total. The number of hydrogen-bond donors (Lipinski definition) is 2. The maximum absolute atomic E-state index is 11.4. The van der Waals surface area contributed by atoms with Crippen molar-refractivity contribution in [3.8, 4) is 0 Å². The molecule has 0 heterocycles. The highest BCUT2D eigenvalue weighted by Gasteiger charge is 2.25. The second kappa shape index (κ2) is 12.7. The lowest BCUT2D eigenvalue weighted by Gasteiger charge is -2.25. The number of ketones is 1. The molecule has 0 amide bonds. The number of aldehydes is 1. The summed E-state index contributed by atoms with van der Waals surface area (Å²) in [6.07, 6.45) is -0.627. The summed E-state index contributed by atoms with van der Waals surface area (Å²) in [7, 11) is 1.34. The van der Waals surface area contributed by atoms with Crippen LogP contribution >= 0.6 is 12.6 Å². The van der Waals surface area contributed by atoms with Gasteiger partial charge in [0, 0.05) is 13.5 Å². The molecule has 0 aliphatic carbocycles. The minimum absolute atomic E-state index is 0.00700. The highest BCUT2D eigenvalue weighted by molar-refractivity contribution is 7.80. The number of carbonyl (C=O) groups is 2. The average molecular weight is 335 g/mol. The summed E-state index contributed by atoms with van der Waals surface area (Å²) in [5.41, 5.74) is 0. The van der Waals surface area contributed by atoms with Gasteiger partial charge in [-0.3, -0.25) is 9.79 Å². The number of methoxy groups -OCH3 is 1. The van der Waals surface area contributed by atoms with Gasteiger partial charge in [-0.25, -0.2) is 0 Å². The van der Waals surface area contributed by atoms with Crippen LogP contribution in [0.3, 0.4) is 0 Å². The third-order valence-electron chi connectivity index (χ3n) is 2.55. The Morgan fingerprint density at radius 2 is 2.05 bits per heavy atom. The first kappa shape index (κ1) is 21.2. The number of carbonyl (C=O) groups excluding carboxylic acids is 2. The molecule has 0 bridgehead atoms. The molecule has 0 saturated heterocycles. The largest absolute Gasteiger partial charge is 0.394 e. The minimum atomic E-state index is -0.914. The van der Waals surface area contributed by atoms with Crippen LogP contribution in [0.5, 0.6) is 0 Å². The van der Waals surface area contributed by atoms with Crippen LogP contribution in [0.1, 0.15) is 20.3 Å². The Morgan fingerprint density at radius 1 is 1.36 bits per heavy atom. The van der Waals surface area contributed by atoms with Crippen molar-refractivity contribution in [1.82, 2.24) is 0 Å². The molecular weight excluding hydrogens is 310 g/mol. The van der Waals surface area contributed by atoms with E-state index in [1.165, 1.54) is 13.3 Å². The molecule has 0 rings (SSSR count). The summed E-state index contributed by atoms with van der Waals surface area (Å²) in [4.78, 5) is 26.2. The van der Waals surface area contributed by atoms with Crippen LogP contribution < -0.4 is 0 Å². The molecule has 7 nitrogen and oxygen atoms in total. The molecule has 0 aromatic heterocycles. The van der Waals surface area contributed by atoms with Gasteiger partial charge in [0.15, 0.2) is 18.4 Å². The van der Waals surface area contributed by atoms with Gasteiger partial charge in [0.25, 0.3) is 0 Å². The molecule has 0 radical (unpaired) electrons. The normalized spacial score (nSPS) is 15.9. The Balaban J connectivity index is 4.70. The van der Waals surface area contributed by atoms with E-state index in [1.807, 2.05) is 0 Å². The fourth-order valence-corrected chi connectivity index (χ4v) is 1.76. The molecule has 0 aliphatic rings. The zero-order valence-electron chi connectivity index (χ0n) is 13.2. The van der Waals surface area contributed by atoms with E-state index in [0.717, 1.165) is 0 Å². The molecule has 8 heteroatoms. The topological polar surface area (TPSA) is 94.4 Å². The lowest BCUT2D eigenvalue weighted by atomic mass is 10.2. The van der Waals surface area contributed by atoms with Crippen molar-refractivity contribution in [3.63, 3.8) is 0 Å². The maximum Gasteiger partial charge on any atom is 0.194 e. The van der Waals surface area contributed by atoms with E-state index >= 15 is 0 Å². The number of aliphatic hydroxyl groups excluding tert-OH is 1. The Morgan fingerprint density at radius 3 is 2.50 bits per heavy atom. The van der Waals surface area contributed by atoms with E-state index in [0.29, 0.717) is 18.5 Å². The van der Waals surface area contributed by atoms with E-state index in [9.17, 15) is 14.7 Å². The molecule has 0 saturated carbocycles. The number of hydrogen-bond acceptors (Lipinski definition) is 8. The standard InChI is InChI=1S/C14H25NO6S/c1-10(2)20-14(7-15-6-11(18)4-5-22)21-13(9-17)12(8-16)19-3/h7-8,10,12-14,17,22H,4-6,9H2,1-3H3/t12?,13-,14-/m0/s1. The molecule has 0 aromatic rings. The first-order valence-electron chi connectivity index (χ1n) is 7.00. The summed E-state index contributed by atoms with van der Waals surface area (Å²) >= 11 is 3.97. The van der Waals surface area contributed by atoms with Crippen molar-refractivity contribution >= 4 is 30.9 Å².